The molecule has 5 atom stereocenters. The van der Waals surface area contributed by atoms with Crippen molar-refractivity contribution in [3.05, 3.63) is 59.2 Å². The molecule has 2 aromatic rings. The smallest absolute Gasteiger partial charge is 0.485 e. The Balaban J connectivity index is 0.000000372. The molecule has 1 saturated carbocycles. The van der Waals surface area contributed by atoms with Crippen LogP contribution in [-0.4, -0.2) is 71.7 Å². The van der Waals surface area contributed by atoms with Crippen LogP contribution in [0.4, 0.5) is 13.2 Å². The summed E-state index contributed by atoms with van der Waals surface area (Å²) in [6.07, 6.45) is 1.87. The molecule has 224 valence electrons. The molecular weight excluding hydrogens is 563 g/mol. The van der Waals surface area contributed by atoms with E-state index in [1.807, 2.05) is 36.4 Å². The number of halogens is 3. The van der Waals surface area contributed by atoms with Crippen LogP contribution >= 0.6 is 0 Å². The monoisotopic (exact) mass is 597 g/mol. The van der Waals surface area contributed by atoms with Gasteiger partial charge in [-0.05, 0) is 23.6 Å². The predicted molar refractivity (Wildman–Crippen MR) is 141 cm³/mol. The molecule has 8 nitrogen and oxygen atoms in total. The molecule has 2 aromatic carbocycles. The van der Waals surface area contributed by atoms with Gasteiger partial charge in [0.25, 0.3) is 0 Å². The van der Waals surface area contributed by atoms with E-state index >= 15 is 0 Å². The van der Waals surface area contributed by atoms with Crippen molar-refractivity contribution in [2.24, 2.45) is 5.92 Å². The minimum absolute atomic E-state index is 0.0717. The third-order valence-corrected chi connectivity index (χ3v) is 9.76. The molecule has 0 aromatic heterocycles. The first-order chi connectivity index (χ1) is 19.0. The molecule has 2 bridgehead atoms. The van der Waals surface area contributed by atoms with Crippen LogP contribution in [0.5, 0.6) is 11.5 Å². The zero-order valence-electron chi connectivity index (χ0n) is 23.1. The highest BCUT2D eigenvalue weighted by Gasteiger charge is 2.76. The van der Waals surface area contributed by atoms with Gasteiger partial charge in [0.05, 0.1) is 25.6 Å². The van der Waals surface area contributed by atoms with Gasteiger partial charge in [0, 0.05) is 30.7 Å². The maximum atomic E-state index is 13.2. The van der Waals surface area contributed by atoms with Crippen molar-refractivity contribution in [3.63, 3.8) is 0 Å². The lowest BCUT2D eigenvalue weighted by molar-refractivity contribution is -0.951. The topological polar surface area (TPSA) is 113 Å². The number of aliphatic hydroxyl groups is 1. The first-order valence-electron chi connectivity index (χ1n) is 13.6. The summed E-state index contributed by atoms with van der Waals surface area (Å²) in [7, 11) is -3.78. The predicted octanol–water partition coefficient (Wildman–Crippen LogP) is 3.84. The summed E-state index contributed by atoms with van der Waals surface area (Å²) in [6.45, 7) is 6.94. The molecule has 4 aliphatic rings. The Morgan fingerprint density at radius 1 is 1.17 bits per heavy atom. The quantitative estimate of drug-likeness (QED) is 0.317. The lowest BCUT2D eigenvalue weighted by Crippen LogP contribution is -2.81. The van der Waals surface area contributed by atoms with E-state index in [-0.39, 0.29) is 11.8 Å². The van der Waals surface area contributed by atoms with E-state index in [4.69, 9.17) is 22.4 Å². The van der Waals surface area contributed by atoms with Gasteiger partial charge in [0.2, 0.25) is 0 Å². The Morgan fingerprint density at radius 3 is 2.44 bits per heavy atom. The fourth-order valence-corrected chi connectivity index (χ4v) is 7.72. The second-order valence-electron chi connectivity index (χ2n) is 12.2. The van der Waals surface area contributed by atoms with Gasteiger partial charge in [-0.2, -0.15) is 13.2 Å². The van der Waals surface area contributed by atoms with E-state index in [9.17, 15) is 23.1 Å². The molecule has 2 heterocycles. The Hall–Kier alpha value is -2.67. The SMILES string of the molecule is CC(C)C[N+]1(C)CC[C@]23c4c5ccc(OCc6ccccc6)c4O[C@H]2C(=O)CCC3(O)[C@H]1C5.O=S(=O)([O-])C(F)(F)F. The molecule has 1 N–H and O–H groups in total. The number of carbonyl (C=O) groups is 1. The number of rotatable bonds is 5. The number of hydrogen-bond donors (Lipinski definition) is 1. The Kier molecular flexibility index (Phi) is 7.24. The third-order valence-electron chi connectivity index (χ3n) is 9.19. The van der Waals surface area contributed by atoms with Gasteiger partial charge in [-0.15, -0.1) is 0 Å². The van der Waals surface area contributed by atoms with Crippen molar-refractivity contribution in [3.8, 4) is 11.5 Å². The number of piperidine rings is 1. The number of likely N-dealkylation sites (tertiary alicyclic amines) is 1. The van der Waals surface area contributed by atoms with E-state index in [0.717, 1.165) is 41.5 Å². The number of benzene rings is 2. The highest BCUT2D eigenvalue weighted by molar-refractivity contribution is 7.86. The van der Waals surface area contributed by atoms with Crippen LogP contribution in [0.1, 0.15) is 49.8 Å². The average molecular weight is 598 g/mol. The van der Waals surface area contributed by atoms with Crippen molar-refractivity contribution in [2.75, 3.05) is 20.1 Å². The minimum atomic E-state index is -6.09. The molecule has 1 spiro atoms. The number of likely N-dealkylation sites (N-methyl/N-ethyl adjacent to an activating group) is 1. The number of quaternary nitrogens is 1. The van der Waals surface area contributed by atoms with Gasteiger partial charge in [-0.25, -0.2) is 8.42 Å². The van der Waals surface area contributed by atoms with Crippen molar-refractivity contribution in [1.29, 1.82) is 0 Å². The number of alkyl halides is 3. The standard InChI is InChI=1S/C28H34NO4.CHF3O3S/c1-18(2)16-29(3)14-13-27-24-20-9-10-22(32-17-19-7-5-4-6-8-19)25(24)33-26(27)21(30)11-12-28(27,31)23(29)15-20;2-1(3,4)8(5,6)7/h4-10,18,23,26,31H,11-17H2,1-3H3;(H,5,6,7)/q+1;/p-1/t23-,26+,27+,28?,29?;/m1./s1. The lowest BCUT2D eigenvalue weighted by atomic mass is 9.48. The Morgan fingerprint density at radius 2 is 1.83 bits per heavy atom. The largest absolute Gasteiger partial charge is 0.741 e. The number of ketones is 1. The first kappa shape index (κ1) is 29.8. The molecule has 6 rings (SSSR count). The van der Waals surface area contributed by atoms with Crippen LogP contribution in [0.25, 0.3) is 0 Å². The van der Waals surface area contributed by atoms with Gasteiger partial charge < -0.3 is 23.6 Å². The summed E-state index contributed by atoms with van der Waals surface area (Å²) in [4.78, 5) is 13.2. The Bertz CT molecular complexity index is 1450. The van der Waals surface area contributed by atoms with Crippen LogP contribution in [0.3, 0.4) is 0 Å². The average Bonchev–Trinajstić information content (AvgIpc) is 3.24. The van der Waals surface area contributed by atoms with E-state index in [0.29, 0.717) is 36.9 Å². The summed E-state index contributed by atoms with van der Waals surface area (Å²) in [6, 6.07) is 14.3. The molecular formula is C29H34F3NO7S. The van der Waals surface area contributed by atoms with Crippen LogP contribution in [-0.2, 0) is 33.4 Å². The van der Waals surface area contributed by atoms with Crippen LogP contribution in [0.2, 0.25) is 0 Å². The highest BCUT2D eigenvalue weighted by atomic mass is 32.2. The van der Waals surface area contributed by atoms with E-state index in [2.05, 4.69) is 27.0 Å². The van der Waals surface area contributed by atoms with Crippen LogP contribution in [0, 0.1) is 5.92 Å². The number of hydrogen-bond acceptors (Lipinski definition) is 7. The summed E-state index contributed by atoms with van der Waals surface area (Å²) >= 11 is 0. The molecule has 41 heavy (non-hydrogen) atoms. The second kappa shape index (κ2) is 9.96. The van der Waals surface area contributed by atoms with Gasteiger partial charge in [0.15, 0.2) is 33.5 Å². The molecule has 2 aliphatic carbocycles. The summed E-state index contributed by atoms with van der Waals surface area (Å²) < 4.78 is 72.5. The minimum Gasteiger partial charge on any atom is -0.741 e. The highest BCUT2D eigenvalue weighted by Crippen LogP contribution is 2.65. The van der Waals surface area contributed by atoms with Gasteiger partial charge in [-0.1, -0.05) is 50.2 Å². The maximum Gasteiger partial charge on any atom is 0.485 e. The second-order valence-corrected chi connectivity index (χ2v) is 13.6. The summed E-state index contributed by atoms with van der Waals surface area (Å²) in [5, 5.41) is 12.5. The zero-order valence-corrected chi connectivity index (χ0v) is 23.9. The molecule has 0 amide bonds. The van der Waals surface area contributed by atoms with E-state index in [1.54, 1.807) is 0 Å². The van der Waals surface area contributed by atoms with Crippen LogP contribution < -0.4 is 9.47 Å². The fraction of sp³-hybridized carbons (Fsp3) is 0.552. The van der Waals surface area contributed by atoms with Crippen molar-refractivity contribution >= 4 is 15.9 Å². The molecule has 2 aliphatic heterocycles. The molecule has 12 heteroatoms. The van der Waals surface area contributed by atoms with Crippen molar-refractivity contribution in [1.82, 2.24) is 0 Å². The Labute approximate surface area is 237 Å². The van der Waals surface area contributed by atoms with Gasteiger partial charge in [-0.3, -0.25) is 4.79 Å². The third kappa shape index (κ3) is 4.72. The number of carbonyl (C=O) groups excluding carboxylic acids is 1. The molecule has 2 fully saturated rings. The molecule has 1 saturated heterocycles. The van der Waals surface area contributed by atoms with E-state index < -0.39 is 32.7 Å². The summed E-state index contributed by atoms with van der Waals surface area (Å²) in [5.74, 6) is 2.04. The lowest BCUT2D eigenvalue weighted by Gasteiger charge is -2.64. The van der Waals surface area contributed by atoms with Gasteiger partial charge >= 0.3 is 5.51 Å². The van der Waals surface area contributed by atoms with Crippen LogP contribution in [0.15, 0.2) is 42.5 Å². The normalized spacial score (nSPS) is 31.6. The molecule has 2 unspecified atom stereocenters. The van der Waals surface area contributed by atoms with E-state index in [1.165, 1.54) is 5.56 Å². The number of nitrogens with zero attached hydrogens (tertiary/aromatic N) is 1. The number of Topliss-reactive ketones (excluding diaryl/α,β-unsaturated/α-hetero) is 1. The fourth-order valence-electron chi connectivity index (χ4n) is 7.72. The molecule has 0 radical (unpaired) electrons. The summed E-state index contributed by atoms with van der Waals surface area (Å²) in [5.41, 5.74) is -3.88. The maximum absolute atomic E-state index is 13.2. The first-order valence-corrected chi connectivity index (χ1v) is 15.1. The van der Waals surface area contributed by atoms with Crippen molar-refractivity contribution < 1.29 is 50.0 Å². The van der Waals surface area contributed by atoms with Crippen molar-refractivity contribution in [2.45, 2.75) is 74.8 Å². The zero-order chi connectivity index (χ0) is 30.0. The van der Waals surface area contributed by atoms with Gasteiger partial charge in [0.1, 0.15) is 18.2 Å². The number of ether oxygens (including phenoxy) is 2.